The van der Waals surface area contributed by atoms with E-state index in [4.69, 9.17) is 0 Å². The molecule has 0 aromatic heterocycles. The Kier molecular flexibility index (Phi) is 4.77. The highest BCUT2D eigenvalue weighted by molar-refractivity contribution is 7.91. The average Bonchev–Trinajstić information content (AvgIpc) is 2.72. The standard InChI is InChI=1S/C14H20N2O3S/c1-11-4-2-3-5-13(11)16-14(17)9-15-8-12-6-7-20(18,19)10-12/h2-5,12,15H,6-10H2,1H3,(H,16,17). The molecule has 1 atom stereocenters. The topological polar surface area (TPSA) is 75.3 Å². The largest absolute Gasteiger partial charge is 0.325 e. The summed E-state index contributed by atoms with van der Waals surface area (Å²) < 4.78 is 22.6. The maximum atomic E-state index is 11.8. The molecule has 2 rings (SSSR count). The normalized spacial score (nSPS) is 20.8. The second-order valence-electron chi connectivity index (χ2n) is 5.26. The number of sulfone groups is 1. The highest BCUT2D eigenvalue weighted by Crippen LogP contribution is 2.17. The first kappa shape index (κ1) is 15.0. The highest BCUT2D eigenvalue weighted by Gasteiger charge is 2.27. The molecule has 1 aromatic rings. The Hall–Kier alpha value is -1.40. The summed E-state index contributed by atoms with van der Waals surface area (Å²) >= 11 is 0. The molecule has 0 radical (unpaired) electrons. The van der Waals surface area contributed by atoms with E-state index in [0.29, 0.717) is 13.0 Å². The van der Waals surface area contributed by atoms with E-state index in [1.807, 2.05) is 31.2 Å². The van der Waals surface area contributed by atoms with Crippen LogP contribution in [0.15, 0.2) is 24.3 Å². The summed E-state index contributed by atoms with van der Waals surface area (Å²) in [4.78, 5) is 11.8. The zero-order chi connectivity index (χ0) is 14.6. The van der Waals surface area contributed by atoms with Crippen LogP contribution < -0.4 is 10.6 Å². The lowest BCUT2D eigenvalue weighted by Gasteiger charge is -2.11. The van der Waals surface area contributed by atoms with Crippen LogP contribution in [0.25, 0.3) is 0 Å². The zero-order valence-electron chi connectivity index (χ0n) is 11.6. The molecule has 110 valence electrons. The number of carbonyl (C=O) groups is 1. The molecular formula is C14H20N2O3S. The number of carbonyl (C=O) groups excluding carboxylic acids is 1. The van der Waals surface area contributed by atoms with Crippen LogP contribution in [0.4, 0.5) is 5.69 Å². The predicted molar refractivity (Wildman–Crippen MR) is 79.4 cm³/mol. The molecule has 1 aliphatic heterocycles. The lowest BCUT2D eigenvalue weighted by atomic mass is 10.1. The lowest BCUT2D eigenvalue weighted by Crippen LogP contribution is -2.32. The first-order valence-electron chi connectivity index (χ1n) is 6.73. The smallest absolute Gasteiger partial charge is 0.238 e. The summed E-state index contributed by atoms with van der Waals surface area (Å²) in [6, 6.07) is 7.59. The second kappa shape index (κ2) is 6.37. The van der Waals surface area contributed by atoms with Gasteiger partial charge in [0.15, 0.2) is 9.84 Å². The summed E-state index contributed by atoms with van der Waals surface area (Å²) in [7, 11) is -2.84. The van der Waals surface area contributed by atoms with Crippen molar-refractivity contribution in [1.82, 2.24) is 5.32 Å². The lowest BCUT2D eigenvalue weighted by molar-refractivity contribution is -0.115. The van der Waals surface area contributed by atoms with Gasteiger partial charge in [-0.15, -0.1) is 0 Å². The Morgan fingerprint density at radius 3 is 2.75 bits per heavy atom. The van der Waals surface area contributed by atoms with Gasteiger partial charge in [-0.1, -0.05) is 18.2 Å². The fraction of sp³-hybridized carbons (Fsp3) is 0.500. The van der Waals surface area contributed by atoms with Gasteiger partial charge < -0.3 is 10.6 Å². The first-order chi connectivity index (χ1) is 9.46. The summed E-state index contributed by atoms with van der Waals surface area (Å²) in [6.07, 6.45) is 0.689. The molecule has 1 aromatic carbocycles. The van der Waals surface area contributed by atoms with Crippen LogP contribution in [0.3, 0.4) is 0 Å². The third-order valence-corrected chi connectivity index (χ3v) is 5.30. The molecule has 1 heterocycles. The quantitative estimate of drug-likeness (QED) is 0.848. The maximum Gasteiger partial charge on any atom is 0.238 e. The van der Waals surface area contributed by atoms with Crippen LogP contribution in [-0.2, 0) is 14.6 Å². The van der Waals surface area contributed by atoms with Crippen LogP contribution in [0, 0.1) is 12.8 Å². The summed E-state index contributed by atoms with van der Waals surface area (Å²) in [5.74, 6) is 0.528. The Bertz CT molecular complexity index is 584. The van der Waals surface area contributed by atoms with Crippen LogP contribution in [0.5, 0.6) is 0 Å². The number of hydrogen-bond acceptors (Lipinski definition) is 4. The number of nitrogens with one attached hydrogen (secondary N) is 2. The minimum absolute atomic E-state index is 0.111. The molecule has 5 nitrogen and oxygen atoms in total. The molecule has 0 spiro atoms. The van der Waals surface area contributed by atoms with Gasteiger partial charge in [0.05, 0.1) is 18.1 Å². The third kappa shape index (κ3) is 4.31. The van der Waals surface area contributed by atoms with Crippen LogP contribution in [0.1, 0.15) is 12.0 Å². The molecule has 1 fully saturated rings. The van der Waals surface area contributed by atoms with Crippen molar-refractivity contribution in [2.45, 2.75) is 13.3 Å². The van der Waals surface area contributed by atoms with Crippen molar-refractivity contribution < 1.29 is 13.2 Å². The number of rotatable bonds is 5. The molecule has 0 saturated carbocycles. The molecule has 1 saturated heterocycles. The van der Waals surface area contributed by atoms with Crippen molar-refractivity contribution >= 4 is 21.4 Å². The molecule has 0 aliphatic carbocycles. The maximum absolute atomic E-state index is 11.8. The number of benzene rings is 1. The van der Waals surface area contributed by atoms with E-state index in [1.165, 1.54) is 0 Å². The van der Waals surface area contributed by atoms with E-state index in [0.717, 1.165) is 11.3 Å². The van der Waals surface area contributed by atoms with E-state index in [1.54, 1.807) is 0 Å². The van der Waals surface area contributed by atoms with E-state index >= 15 is 0 Å². The number of anilines is 1. The predicted octanol–water partition coefficient (Wildman–Crippen LogP) is 0.958. The third-order valence-electron chi connectivity index (χ3n) is 3.46. The number of aryl methyl sites for hydroxylation is 1. The van der Waals surface area contributed by atoms with Crippen molar-refractivity contribution in [3.8, 4) is 0 Å². The van der Waals surface area contributed by atoms with E-state index < -0.39 is 9.84 Å². The Balaban J connectivity index is 1.72. The molecule has 20 heavy (non-hydrogen) atoms. The van der Waals surface area contributed by atoms with Crippen LogP contribution in [-0.4, -0.2) is 38.9 Å². The molecule has 1 aliphatic rings. The van der Waals surface area contributed by atoms with Crippen molar-refractivity contribution in [3.63, 3.8) is 0 Å². The second-order valence-corrected chi connectivity index (χ2v) is 7.49. The van der Waals surface area contributed by atoms with Gasteiger partial charge in [-0.05, 0) is 37.4 Å². The van der Waals surface area contributed by atoms with E-state index in [2.05, 4.69) is 10.6 Å². The van der Waals surface area contributed by atoms with Crippen molar-refractivity contribution in [2.75, 3.05) is 29.9 Å². The van der Waals surface area contributed by atoms with Gasteiger partial charge in [0.2, 0.25) is 5.91 Å². The summed E-state index contributed by atoms with van der Waals surface area (Å²) in [6.45, 7) is 2.71. The highest BCUT2D eigenvalue weighted by atomic mass is 32.2. The van der Waals surface area contributed by atoms with Gasteiger partial charge in [0.25, 0.3) is 0 Å². The van der Waals surface area contributed by atoms with Crippen LogP contribution in [0.2, 0.25) is 0 Å². The summed E-state index contributed by atoms with van der Waals surface area (Å²) in [5.41, 5.74) is 1.82. The molecule has 2 N–H and O–H groups in total. The molecule has 6 heteroatoms. The van der Waals surface area contributed by atoms with Gasteiger partial charge in [-0.25, -0.2) is 8.42 Å². The number of hydrogen-bond donors (Lipinski definition) is 2. The average molecular weight is 296 g/mol. The number of amides is 1. The minimum atomic E-state index is -2.84. The van der Waals surface area contributed by atoms with Gasteiger partial charge in [-0.3, -0.25) is 4.79 Å². The van der Waals surface area contributed by atoms with Gasteiger partial charge in [0, 0.05) is 5.69 Å². The van der Waals surface area contributed by atoms with Crippen LogP contribution >= 0.6 is 0 Å². The fourth-order valence-electron chi connectivity index (χ4n) is 2.33. The van der Waals surface area contributed by atoms with Crippen molar-refractivity contribution in [1.29, 1.82) is 0 Å². The van der Waals surface area contributed by atoms with E-state index in [-0.39, 0.29) is 29.9 Å². The molecule has 0 bridgehead atoms. The van der Waals surface area contributed by atoms with Gasteiger partial charge >= 0.3 is 0 Å². The molecule has 1 amide bonds. The fourth-order valence-corrected chi connectivity index (χ4v) is 4.19. The number of para-hydroxylation sites is 1. The van der Waals surface area contributed by atoms with Crippen molar-refractivity contribution in [2.24, 2.45) is 5.92 Å². The van der Waals surface area contributed by atoms with Gasteiger partial charge in [-0.2, -0.15) is 0 Å². The van der Waals surface area contributed by atoms with Gasteiger partial charge in [0.1, 0.15) is 0 Å². The van der Waals surface area contributed by atoms with E-state index in [9.17, 15) is 13.2 Å². The monoisotopic (exact) mass is 296 g/mol. The van der Waals surface area contributed by atoms with Crippen molar-refractivity contribution in [3.05, 3.63) is 29.8 Å². The Morgan fingerprint density at radius 1 is 1.35 bits per heavy atom. The minimum Gasteiger partial charge on any atom is -0.325 e. The zero-order valence-corrected chi connectivity index (χ0v) is 12.4. The Morgan fingerprint density at radius 2 is 2.10 bits per heavy atom. The SMILES string of the molecule is Cc1ccccc1NC(=O)CNCC1CCS(=O)(=O)C1. The summed E-state index contributed by atoms with van der Waals surface area (Å²) in [5, 5.41) is 5.86. The first-order valence-corrected chi connectivity index (χ1v) is 8.55. The molecule has 1 unspecified atom stereocenters. The molecular weight excluding hydrogens is 276 g/mol. The Labute approximate surface area is 119 Å².